The van der Waals surface area contributed by atoms with Crippen molar-refractivity contribution in [2.24, 2.45) is 0 Å². The first-order valence-corrected chi connectivity index (χ1v) is 6.96. The number of hydrogen-bond acceptors (Lipinski definition) is 7. The molecule has 1 aromatic rings. The van der Waals surface area contributed by atoms with E-state index in [0.717, 1.165) is 22.7 Å². The molecule has 0 radical (unpaired) electrons. The minimum absolute atomic E-state index is 0.127. The molecule has 0 fully saturated rings. The van der Waals surface area contributed by atoms with Crippen molar-refractivity contribution in [3.05, 3.63) is 7.69 Å². The molecule has 1 heterocycles. The van der Waals surface area contributed by atoms with Crippen LogP contribution >= 0.6 is 22.7 Å². The van der Waals surface area contributed by atoms with Gasteiger partial charge < -0.3 is 20.3 Å². The van der Waals surface area contributed by atoms with Crippen LogP contribution in [0.1, 0.15) is 20.8 Å². The number of aliphatic hydroxyl groups excluding tert-OH is 1. The van der Waals surface area contributed by atoms with Crippen LogP contribution in [0, 0.1) is 0 Å². The molecule has 0 atom stereocenters. The van der Waals surface area contributed by atoms with Crippen molar-refractivity contribution in [2.75, 3.05) is 7.05 Å². The molecule has 0 spiro atoms. The summed E-state index contributed by atoms with van der Waals surface area (Å²) in [5, 5.41) is 20.1. The van der Waals surface area contributed by atoms with Crippen LogP contribution < -0.4 is 13.0 Å². The number of hydrogen-bond donors (Lipinski definition) is 3. The molecule has 6 nitrogen and oxygen atoms in total. The van der Waals surface area contributed by atoms with Crippen LogP contribution in [0.3, 0.4) is 0 Å². The zero-order valence-electron chi connectivity index (χ0n) is 10.9. The lowest BCUT2D eigenvalue weighted by atomic mass is 10.2. The normalized spacial score (nSPS) is 10.9. The minimum atomic E-state index is -0.820. The van der Waals surface area contributed by atoms with Gasteiger partial charge in [-0.3, -0.25) is 4.79 Å². The fraction of sp³-hybridized carbons (Fsp3) is 0.455. The van der Waals surface area contributed by atoms with E-state index < -0.39 is 23.4 Å². The Labute approximate surface area is 117 Å². The quantitative estimate of drug-likeness (QED) is 0.537. The minimum Gasteiger partial charge on any atom is -0.479 e. The summed E-state index contributed by atoms with van der Waals surface area (Å²) in [4.78, 5) is 23.7. The van der Waals surface area contributed by atoms with E-state index in [-0.39, 0.29) is 9.42 Å². The van der Waals surface area contributed by atoms with Gasteiger partial charge in [0.05, 0.1) is 0 Å². The number of carbonyl (C=O) groups excluding carboxylic acids is 2. The Morgan fingerprint density at radius 3 is 2.05 bits per heavy atom. The Bertz CT molecular complexity index is 583. The zero-order valence-corrected chi connectivity index (χ0v) is 12.6. The van der Waals surface area contributed by atoms with E-state index in [1.54, 1.807) is 20.8 Å². The molecule has 0 unspecified atom stereocenters. The fourth-order valence-corrected chi connectivity index (χ4v) is 2.93. The zero-order chi connectivity index (χ0) is 14.8. The summed E-state index contributed by atoms with van der Waals surface area (Å²) in [5.41, 5.74) is -0.842. The van der Waals surface area contributed by atoms with Crippen LogP contribution in [-0.2, 0) is 14.3 Å². The molecule has 0 aliphatic carbocycles. The van der Waals surface area contributed by atoms with Crippen molar-refractivity contribution >= 4 is 46.1 Å². The maximum atomic E-state index is 12.0. The Hall–Kier alpha value is -1.54. The molecule has 0 aliphatic rings. The highest BCUT2D eigenvalue weighted by Gasteiger charge is 2.26. The summed E-state index contributed by atoms with van der Waals surface area (Å²) < 4.78 is 5.76. The number of nitrogens with one attached hydrogen (secondary N) is 1. The molecule has 19 heavy (non-hydrogen) atoms. The second-order valence-electron chi connectivity index (χ2n) is 4.56. The highest BCUT2D eigenvalue weighted by molar-refractivity contribution is 7.36. The Kier molecular flexibility index (Phi) is 4.59. The molecule has 8 heteroatoms. The van der Waals surface area contributed by atoms with Crippen molar-refractivity contribution in [1.82, 2.24) is 5.32 Å². The molecule has 0 saturated heterocycles. The smallest absolute Gasteiger partial charge is 0.346 e. The van der Waals surface area contributed by atoms with Crippen molar-refractivity contribution in [3.8, 4) is 0 Å². The first-order valence-electron chi connectivity index (χ1n) is 5.33. The topological polar surface area (TPSA) is 95.9 Å². The van der Waals surface area contributed by atoms with E-state index in [9.17, 15) is 9.59 Å². The van der Waals surface area contributed by atoms with E-state index in [1.165, 1.54) is 7.05 Å². The molecule has 3 N–H and O–H groups in total. The van der Waals surface area contributed by atoms with E-state index in [0.29, 0.717) is 3.85 Å². The number of esters is 1. The fourth-order valence-electron chi connectivity index (χ4n) is 1.09. The van der Waals surface area contributed by atoms with Gasteiger partial charge in [-0.15, -0.1) is 22.7 Å². The van der Waals surface area contributed by atoms with E-state index in [1.807, 2.05) is 0 Å². The van der Waals surface area contributed by atoms with Gasteiger partial charge in [0.15, 0.2) is 9.42 Å². The molecule has 1 rings (SSSR count). The molecule has 0 aliphatic heterocycles. The van der Waals surface area contributed by atoms with E-state index >= 15 is 0 Å². The standard InChI is InChI=1S/C11H15NO5S2/c1-11(2,3)17-8(16)5(6(13)12-4)9-18-10(19-9)7(14)15/h14-15H,1-4H3,(H,12,13). The summed E-state index contributed by atoms with van der Waals surface area (Å²) in [6.07, 6.45) is 0. The van der Waals surface area contributed by atoms with Crippen LogP contribution in [0.5, 0.6) is 0 Å². The van der Waals surface area contributed by atoms with Gasteiger partial charge in [-0.1, -0.05) is 0 Å². The van der Waals surface area contributed by atoms with Gasteiger partial charge in [-0.2, -0.15) is 0 Å². The van der Waals surface area contributed by atoms with Gasteiger partial charge in [-0.25, -0.2) is 4.79 Å². The summed E-state index contributed by atoms with van der Waals surface area (Å²) in [5.74, 6) is -2.13. The maximum Gasteiger partial charge on any atom is 0.346 e. The Morgan fingerprint density at radius 1 is 1.16 bits per heavy atom. The highest BCUT2D eigenvalue weighted by atomic mass is 32.2. The first-order chi connectivity index (χ1) is 8.65. The SMILES string of the molecule is CNC(=O)C(C(=O)OC(C)(C)C)=c1sc(=C(O)O)s1. The number of amides is 1. The molecular formula is C11H15NO5S2. The molecule has 106 valence electrons. The Balaban J connectivity index is 3.25. The third-order valence-corrected chi connectivity index (χ3v) is 4.33. The second-order valence-corrected chi connectivity index (χ2v) is 7.12. The van der Waals surface area contributed by atoms with Crippen LogP contribution in [0.15, 0.2) is 0 Å². The number of aliphatic hydroxyl groups is 2. The van der Waals surface area contributed by atoms with Gasteiger partial charge in [0, 0.05) is 7.05 Å². The summed E-state index contributed by atoms with van der Waals surface area (Å²) in [6.45, 7) is 5.09. The largest absolute Gasteiger partial charge is 0.479 e. The van der Waals surface area contributed by atoms with E-state index in [4.69, 9.17) is 14.9 Å². The lowest BCUT2D eigenvalue weighted by molar-refractivity contribution is -0.148. The number of ether oxygens (including phenoxy) is 1. The van der Waals surface area contributed by atoms with Crippen molar-refractivity contribution < 1.29 is 24.5 Å². The average Bonchev–Trinajstić information content (AvgIpc) is 2.17. The van der Waals surface area contributed by atoms with Crippen LogP contribution in [0.4, 0.5) is 0 Å². The van der Waals surface area contributed by atoms with Crippen molar-refractivity contribution in [3.63, 3.8) is 0 Å². The third kappa shape index (κ3) is 3.97. The van der Waals surface area contributed by atoms with Crippen LogP contribution in [0.2, 0.25) is 0 Å². The molecule has 0 aromatic carbocycles. The van der Waals surface area contributed by atoms with Crippen molar-refractivity contribution in [1.29, 1.82) is 0 Å². The predicted molar refractivity (Wildman–Crippen MR) is 73.4 cm³/mol. The summed E-state index contributed by atoms with van der Waals surface area (Å²) in [6, 6.07) is 0. The predicted octanol–water partition coefficient (Wildman–Crippen LogP) is 0.230. The molecule has 0 bridgehead atoms. The molecular weight excluding hydrogens is 290 g/mol. The summed E-state index contributed by atoms with van der Waals surface area (Å²) in [7, 11) is 1.40. The summed E-state index contributed by atoms with van der Waals surface area (Å²) >= 11 is 1.90. The lowest BCUT2D eigenvalue weighted by Crippen LogP contribution is -2.35. The van der Waals surface area contributed by atoms with Crippen molar-refractivity contribution in [2.45, 2.75) is 26.4 Å². The maximum absolute atomic E-state index is 12.0. The van der Waals surface area contributed by atoms with Gasteiger partial charge in [-0.05, 0) is 20.8 Å². The number of rotatable bonds is 2. The van der Waals surface area contributed by atoms with Gasteiger partial charge in [0.2, 0.25) is 0 Å². The highest BCUT2D eigenvalue weighted by Crippen LogP contribution is 2.12. The lowest BCUT2D eigenvalue weighted by Gasteiger charge is -2.20. The van der Waals surface area contributed by atoms with Gasteiger partial charge in [0.1, 0.15) is 9.45 Å². The average molecular weight is 305 g/mol. The Morgan fingerprint density at radius 2 is 1.68 bits per heavy atom. The second kappa shape index (κ2) is 5.62. The molecule has 1 amide bonds. The number of carbonyl (C=O) groups is 2. The molecule has 1 aromatic heterocycles. The first kappa shape index (κ1) is 15.5. The van der Waals surface area contributed by atoms with Crippen LogP contribution in [-0.4, -0.2) is 34.7 Å². The van der Waals surface area contributed by atoms with Gasteiger partial charge in [0.25, 0.3) is 5.91 Å². The van der Waals surface area contributed by atoms with Crippen LogP contribution in [0.25, 0.3) is 11.5 Å². The van der Waals surface area contributed by atoms with E-state index in [2.05, 4.69) is 5.32 Å². The van der Waals surface area contributed by atoms with Gasteiger partial charge >= 0.3 is 11.9 Å². The monoisotopic (exact) mass is 305 g/mol. The molecule has 0 saturated carbocycles. The third-order valence-electron chi connectivity index (χ3n) is 1.81.